The van der Waals surface area contributed by atoms with E-state index in [9.17, 15) is 0 Å². The van der Waals surface area contributed by atoms with E-state index in [-0.39, 0.29) is 0 Å². The van der Waals surface area contributed by atoms with Crippen molar-refractivity contribution in [2.24, 2.45) is 5.92 Å². The van der Waals surface area contributed by atoms with Crippen molar-refractivity contribution >= 4 is 11.8 Å². The van der Waals surface area contributed by atoms with Crippen molar-refractivity contribution in [3.63, 3.8) is 0 Å². The fourth-order valence-electron chi connectivity index (χ4n) is 2.21. The number of hydrogen-bond acceptors (Lipinski definition) is 3. The summed E-state index contributed by atoms with van der Waals surface area (Å²) in [5.74, 6) is 2.09. The summed E-state index contributed by atoms with van der Waals surface area (Å²) in [6.07, 6.45) is 13.0. The second kappa shape index (κ2) is 10.3. The van der Waals surface area contributed by atoms with Crippen LogP contribution in [0.1, 0.15) is 58.1 Å². The first-order chi connectivity index (χ1) is 9.24. The first-order valence-electron chi connectivity index (χ1n) is 7.60. The minimum absolute atomic E-state index is 0.792. The van der Waals surface area contributed by atoms with Crippen molar-refractivity contribution < 1.29 is 0 Å². The van der Waals surface area contributed by atoms with Crippen LogP contribution in [0.3, 0.4) is 0 Å². The van der Waals surface area contributed by atoms with E-state index < -0.39 is 0 Å². The lowest BCUT2D eigenvalue weighted by molar-refractivity contribution is 0.497. The van der Waals surface area contributed by atoms with Gasteiger partial charge in [-0.1, -0.05) is 38.3 Å². The Morgan fingerprint density at radius 2 is 1.95 bits per heavy atom. The molecule has 0 amide bonds. The van der Waals surface area contributed by atoms with Crippen LogP contribution >= 0.6 is 11.8 Å². The molecule has 1 aromatic rings. The third kappa shape index (κ3) is 7.61. The van der Waals surface area contributed by atoms with Crippen molar-refractivity contribution in [2.75, 3.05) is 12.0 Å². The van der Waals surface area contributed by atoms with E-state index in [2.05, 4.69) is 35.1 Å². The molecule has 0 aliphatic rings. The standard InChI is InChI=1S/C15H29N3S/c1-14(2)9-8-10-15-13-16-17-18(15)11-6-4-5-7-12-19-3/h13-14H,4-12H2,1-3H3. The molecule has 0 unspecified atom stereocenters. The predicted molar refractivity (Wildman–Crippen MR) is 84.6 cm³/mol. The molecule has 1 rings (SSSR count). The van der Waals surface area contributed by atoms with Crippen LogP contribution in [0, 0.1) is 5.92 Å². The lowest BCUT2D eigenvalue weighted by Gasteiger charge is -2.07. The monoisotopic (exact) mass is 283 g/mol. The Labute approximate surface area is 122 Å². The molecule has 1 aromatic heterocycles. The SMILES string of the molecule is CSCCCCCCn1nncc1CCCC(C)C. The third-order valence-corrected chi connectivity index (χ3v) is 4.08. The summed E-state index contributed by atoms with van der Waals surface area (Å²) in [6.45, 7) is 5.60. The van der Waals surface area contributed by atoms with Crippen molar-refractivity contribution in [2.45, 2.75) is 65.3 Å². The highest BCUT2D eigenvalue weighted by Gasteiger charge is 2.04. The largest absolute Gasteiger partial charge is 0.249 e. The summed E-state index contributed by atoms with van der Waals surface area (Å²) in [7, 11) is 0. The van der Waals surface area contributed by atoms with Gasteiger partial charge in [-0.2, -0.15) is 11.8 Å². The number of aryl methyl sites for hydroxylation is 2. The Balaban J connectivity index is 2.17. The van der Waals surface area contributed by atoms with Gasteiger partial charge in [-0.3, -0.25) is 0 Å². The van der Waals surface area contributed by atoms with Crippen LogP contribution in [-0.4, -0.2) is 27.0 Å². The Bertz CT molecular complexity index is 323. The minimum atomic E-state index is 0.792. The maximum absolute atomic E-state index is 4.21. The van der Waals surface area contributed by atoms with Crippen molar-refractivity contribution in [3.05, 3.63) is 11.9 Å². The summed E-state index contributed by atoms with van der Waals surface area (Å²) in [4.78, 5) is 0. The molecule has 0 aromatic carbocycles. The molecule has 0 bridgehead atoms. The van der Waals surface area contributed by atoms with Gasteiger partial charge in [-0.05, 0) is 43.6 Å². The maximum Gasteiger partial charge on any atom is 0.0725 e. The Morgan fingerprint density at radius 3 is 2.68 bits per heavy atom. The number of hydrogen-bond donors (Lipinski definition) is 0. The molecule has 0 saturated heterocycles. The normalized spacial score (nSPS) is 11.4. The Hall–Kier alpha value is -0.510. The average Bonchev–Trinajstić information content (AvgIpc) is 2.81. The van der Waals surface area contributed by atoms with Crippen LogP contribution in [0.5, 0.6) is 0 Å². The quantitative estimate of drug-likeness (QED) is 0.571. The van der Waals surface area contributed by atoms with Crippen LogP contribution in [0.4, 0.5) is 0 Å². The number of unbranched alkanes of at least 4 members (excludes halogenated alkanes) is 3. The molecule has 4 heteroatoms. The van der Waals surface area contributed by atoms with Gasteiger partial charge < -0.3 is 0 Å². The molecule has 110 valence electrons. The van der Waals surface area contributed by atoms with E-state index in [4.69, 9.17) is 0 Å². The van der Waals surface area contributed by atoms with Crippen LogP contribution < -0.4 is 0 Å². The van der Waals surface area contributed by atoms with Crippen LogP contribution in [0.2, 0.25) is 0 Å². The maximum atomic E-state index is 4.21. The van der Waals surface area contributed by atoms with Crippen LogP contribution in [0.15, 0.2) is 6.20 Å². The van der Waals surface area contributed by atoms with Gasteiger partial charge in [-0.15, -0.1) is 5.10 Å². The fraction of sp³-hybridized carbons (Fsp3) is 0.867. The predicted octanol–water partition coefficient (Wildman–Crippen LogP) is 4.18. The number of thioether (sulfide) groups is 1. The molecular weight excluding hydrogens is 254 g/mol. The minimum Gasteiger partial charge on any atom is -0.249 e. The first kappa shape index (κ1) is 16.5. The molecule has 3 nitrogen and oxygen atoms in total. The zero-order chi connectivity index (χ0) is 13.9. The molecule has 0 spiro atoms. The number of aromatic nitrogens is 3. The van der Waals surface area contributed by atoms with E-state index in [0.29, 0.717) is 0 Å². The lowest BCUT2D eigenvalue weighted by atomic mass is 10.1. The van der Waals surface area contributed by atoms with Gasteiger partial charge in [0.2, 0.25) is 0 Å². The molecule has 0 atom stereocenters. The summed E-state index contributed by atoms with van der Waals surface area (Å²) >= 11 is 1.94. The van der Waals surface area contributed by atoms with E-state index in [1.807, 2.05) is 18.0 Å². The second-order valence-corrected chi connectivity index (χ2v) is 6.63. The topological polar surface area (TPSA) is 30.7 Å². The van der Waals surface area contributed by atoms with Gasteiger partial charge in [0.25, 0.3) is 0 Å². The van der Waals surface area contributed by atoms with Gasteiger partial charge in [0.15, 0.2) is 0 Å². The number of rotatable bonds is 11. The highest BCUT2D eigenvalue weighted by Crippen LogP contribution is 2.10. The zero-order valence-corrected chi connectivity index (χ0v) is 13.6. The summed E-state index contributed by atoms with van der Waals surface area (Å²) in [6, 6.07) is 0. The third-order valence-electron chi connectivity index (χ3n) is 3.38. The number of nitrogens with zero attached hydrogens (tertiary/aromatic N) is 3. The van der Waals surface area contributed by atoms with Crippen molar-refractivity contribution in [3.8, 4) is 0 Å². The van der Waals surface area contributed by atoms with Crippen molar-refractivity contribution in [1.82, 2.24) is 15.0 Å². The molecule has 0 fully saturated rings. The van der Waals surface area contributed by atoms with Crippen LogP contribution in [0.25, 0.3) is 0 Å². The smallest absolute Gasteiger partial charge is 0.0725 e. The molecule has 0 N–H and O–H groups in total. The van der Waals surface area contributed by atoms with Gasteiger partial charge in [0.05, 0.1) is 11.9 Å². The first-order valence-corrected chi connectivity index (χ1v) is 8.99. The molecule has 19 heavy (non-hydrogen) atoms. The summed E-state index contributed by atoms with van der Waals surface area (Å²) < 4.78 is 2.11. The van der Waals surface area contributed by atoms with E-state index >= 15 is 0 Å². The molecule has 0 radical (unpaired) electrons. The molecule has 1 heterocycles. The molecule has 0 aliphatic carbocycles. The zero-order valence-electron chi connectivity index (χ0n) is 12.8. The second-order valence-electron chi connectivity index (χ2n) is 5.64. The fourth-order valence-corrected chi connectivity index (χ4v) is 2.71. The Morgan fingerprint density at radius 1 is 1.16 bits per heavy atom. The molecule has 0 aliphatic heterocycles. The Kier molecular flexibility index (Phi) is 8.97. The molecule has 0 saturated carbocycles. The lowest BCUT2D eigenvalue weighted by Crippen LogP contribution is -2.06. The summed E-state index contributed by atoms with van der Waals surface area (Å²) in [5.41, 5.74) is 1.31. The van der Waals surface area contributed by atoms with E-state index in [1.165, 1.54) is 50.0 Å². The summed E-state index contributed by atoms with van der Waals surface area (Å²) in [5, 5.41) is 8.27. The van der Waals surface area contributed by atoms with Gasteiger partial charge in [0, 0.05) is 6.54 Å². The van der Waals surface area contributed by atoms with E-state index in [0.717, 1.165) is 18.9 Å². The van der Waals surface area contributed by atoms with Gasteiger partial charge >= 0.3 is 0 Å². The van der Waals surface area contributed by atoms with Gasteiger partial charge in [0.1, 0.15) is 0 Å². The van der Waals surface area contributed by atoms with E-state index in [1.54, 1.807) is 0 Å². The average molecular weight is 283 g/mol. The molecular formula is C15H29N3S. The van der Waals surface area contributed by atoms with Gasteiger partial charge in [-0.25, -0.2) is 4.68 Å². The highest BCUT2D eigenvalue weighted by molar-refractivity contribution is 7.98. The van der Waals surface area contributed by atoms with Crippen LogP contribution in [-0.2, 0) is 13.0 Å². The highest BCUT2D eigenvalue weighted by atomic mass is 32.2. The van der Waals surface area contributed by atoms with Crippen molar-refractivity contribution in [1.29, 1.82) is 0 Å².